The highest BCUT2D eigenvalue weighted by atomic mass is 16.5. The maximum Gasteiger partial charge on any atom is 0.338 e. The Morgan fingerprint density at radius 3 is 2.65 bits per heavy atom. The minimum Gasteiger partial charge on any atom is -0.461 e. The first kappa shape index (κ1) is 16.3. The van der Waals surface area contributed by atoms with Crippen molar-refractivity contribution in [2.75, 3.05) is 13.2 Å². The van der Waals surface area contributed by atoms with E-state index in [0.29, 0.717) is 30.6 Å². The van der Waals surface area contributed by atoms with Crippen LogP contribution in [0.3, 0.4) is 0 Å². The Hall–Kier alpha value is -1.61. The summed E-state index contributed by atoms with van der Waals surface area (Å²) in [5.74, 6) is 0.646. The molecule has 3 heteroatoms. The van der Waals surface area contributed by atoms with Crippen molar-refractivity contribution >= 4 is 5.97 Å². The van der Waals surface area contributed by atoms with E-state index in [-0.39, 0.29) is 17.0 Å². The summed E-state index contributed by atoms with van der Waals surface area (Å²) in [4.78, 5) is 12.2. The van der Waals surface area contributed by atoms with Crippen LogP contribution < -0.4 is 0 Å². The quantitative estimate of drug-likeness (QED) is 0.616. The molecule has 2 aliphatic rings. The van der Waals surface area contributed by atoms with Crippen LogP contribution in [-0.2, 0) is 9.47 Å². The zero-order chi connectivity index (χ0) is 16.7. The van der Waals surface area contributed by atoms with Gasteiger partial charge in [-0.05, 0) is 57.6 Å². The molecule has 124 valence electrons. The smallest absolute Gasteiger partial charge is 0.338 e. The third-order valence-corrected chi connectivity index (χ3v) is 5.59. The summed E-state index contributed by atoms with van der Waals surface area (Å²) >= 11 is 0. The van der Waals surface area contributed by atoms with E-state index in [1.807, 2.05) is 18.2 Å². The lowest BCUT2D eigenvalue weighted by molar-refractivity contribution is -0.136. The van der Waals surface area contributed by atoms with E-state index < -0.39 is 0 Å². The fraction of sp³-hybridized carbons (Fsp3) is 0.550. The summed E-state index contributed by atoms with van der Waals surface area (Å²) in [6.07, 6.45) is 2.04. The van der Waals surface area contributed by atoms with E-state index in [0.717, 1.165) is 12.8 Å². The van der Waals surface area contributed by atoms with Crippen molar-refractivity contribution in [3.05, 3.63) is 48.0 Å². The predicted molar refractivity (Wildman–Crippen MR) is 90.2 cm³/mol. The van der Waals surface area contributed by atoms with Gasteiger partial charge < -0.3 is 9.47 Å². The summed E-state index contributed by atoms with van der Waals surface area (Å²) in [6, 6.07) is 9.17. The Morgan fingerprint density at radius 2 is 2.00 bits per heavy atom. The van der Waals surface area contributed by atoms with Gasteiger partial charge in [0.1, 0.15) is 0 Å². The number of esters is 1. The van der Waals surface area contributed by atoms with Gasteiger partial charge in [0.25, 0.3) is 0 Å². The van der Waals surface area contributed by atoms with Crippen molar-refractivity contribution in [1.82, 2.24) is 0 Å². The number of allylic oxidation sites excluding steroid dienone is 1. The van der Waals surface area contributed by atoms with E-state index >= 15 is 0 Å². The number of hydrogen-bond acceptors (Lipinski definition) is 3. The van der Waals surface area contributed by atoms with Crippen LogP contribution in [-0.4, -0.2) is 24.8 Å². The van der Waals surface area contributed by atoms with Crippen LogP contribution in [0.1, 0.15) is 44.0 Å². The molecule has 3 atom stereocenters. The molecule has 23 heavy (non-hydrogen) atoms. The molecule has 3 rings (SSSR count). The second-order valence-corrected chi connectivity index (χ2v) is 7.80. The van der Waals surface area contributed by atoms with Gasteiger partial charge in [0.2, 0.25) is 0 Å². The molecule has 2 bridgehead atoms. The zero-order valence-corrected chi connectivity index (χ0v) is 14.3. The highest BCUT2D eigenvalue weighted by Crippen LogP contribution is 2.56. The van der Waals surface area contributed by atoms with Crippen molar-refractivity contribution in [3.8, 4) is 0 Å². The third kappa shape index (κ3) is 3.07. The zero-order valence-electron chi connectivity index (χ0n) is 14.3. The fourth-order valence-electron chi connectivity index (χ4n) is 4.15. The highest BCUT2D eigenvalue weighted by molar-refractivity contribution is 5.89. The normalized spacial score (nSPS) is 31.6. The lowest BCUT2D eigenvalue weighted by atomic mass is 9.77. The van der Waals surface area contributed by atoms with Crippen molar-refractivity contribution in [3.63, 3.8) is 0 Å². The predicted octanol–water partition coefficient (Wildman–Crippen LogP) is 4.24. The maximum atomic E-state index is 12.2. The standard InChI is InChI=1S/C20H26O3/c1-14(2)16-10-20(11-17(16)19(3,4)23-13-20)12-22-18(21)15-8-6-5-7-9-15/h5-9,16-17H,1,10-13H2,2-4H3/t16-,17?,20?/m0/s1. The SMILES string of the molecule is C=C(C)[C@@H]1CC2(COC(=O)c3ccccc3)COC(C)(C)C1C2. The van der Waals surface area contributed by atoms with Gasteiger partial charge in [-0.3, -0.25) is 0 Å². The molecule has 1 saturated carbocycles. The summed E-state index contributed by atoms with van der Waals surface area (Å²) in [6.45, 7) is 11.7. The van der Waals surface area contributed by atoms with Crippen LogP contribution >= 0.6 is 0 Å². The summed E-state index contributed by atoms with van der Waals surface area (Å²) in [5.41, 5.74) is 1.62. The first-order chi connectivity index (χ1) is 10.8. The van der Waals surface area contributed by atoms with Gasteiger partial charge >= 0.3 is 5.97 Å². The van der Waals surface area contributed by atoms with Crippen LogP contribution in [0.4, 0.5) is 0 Å². The molecule has 0 N–H and O–H groups in total. The second kappa shape index (κ2) is 5.79. The van der Waals surface area contributed by atoms with Crippen LogP contribution in [0.15, 0.2) is 42.5 Å². The topological polar surface area (TPSA) is 35.5 Å². The van der Waals surface area contributed by atoms with Gasteiger partial charge in [-0.1, -0.05) is 30.4 Å². The second-order valence-electron chi connectivity index (χ2n) is 7.80. The Morgan fingerprint density at radius 1 is 1.30 bits per heavy atom. The van der Waals surface area contributed by atoms with Crippen LogP contribution in [0, 0.1) is 17.3 Å². The molecule has 1 aromatic rings. The van der Waals surface area contributed by atoms with Crippen molar-refractivity contribution < 1.29 is 14.3 Å². The average Bonchev–Trinajstić information content (AvgIpc) is 2.89. The number of carbonyl (C=O) groups is 1. The Bertz CT molecular complexity index is 605. The molecule has 1 aromatic carbocycles. The molecule has 3 nitrogen and oxygen atoms in total. The molecule has 0 amide bonds. The van der Waals surface area contributed by atoms with Gasteiger partial charge in [-0.25, -0.2) is 4.79 Å². The molecule has 1 aliphatic carbocycles. The van der Waals surface area contributed by atoms with E-state index in [4.69, 9.17) is 9.47 Å². The number of carbonyl (C=O) groups excluding carboxylic acids is 1. The number of fused-ring (bicyclic) bond motifs is 2. The van der Waals surface area contributed by atoms with Crippen molar-refractivity contribution in [2.45, 2.75) is 39.2 Å². The Balaban J connectivity index is 1.71. The van der Waals surface area contributed by atoms with Crippen LogP contribution in [0.2, 0.25) is 0 Å². The average molecular weight is 314 g/mol. The lowest BCUT2D eigenvalue weighted by Gasteiger charge is -2.42. The molecule has 0 aromatic heterocycles. The number of ether oxygens (including phenoxy) is 2. The highest BCUT2D eigenvalue weighted by Gasteiger charge is 2.56. The lowest BCUT2D eigenvalue weighted by Crippen LogP contribution is -2.45. The van der Waals surface area contributed by atoms with E-state index in [2.05, 4.69) is 27.4 Å². The number of hydrogen-bond donors (Lipinski definition) is 0. The van der Waals surface area contributed by atoms with Gasteiger partial charge in [-0.15, -0.1) is 0 Å². The molecular formula is C20H26O3. The molecule has 2 fully saturated rings. The van der Waals surface area contributed by atoms with Crippen molar-refractivity contribution in [2.24, 2.45) is 17.3 Å². The summed E-state index contributed by atoms with van der Waals surface area (Å²) < 4.78 is 11.8. The molecule has 1 saturated heterocycles. The monoisotopic (exact) mass is 314 g/mol. The first-order valence-corrected chi connectivity index (χ1v) is 8.35. The van der Waals surface area contributed by atoms with Gasteiger partial charge in [0.15, 0.2) is 0 Å². The molecule has 1 aliphatic heterocycles. The van der Waals surface area contributed by atoms with E-state index in [1.54, 1.807) is 12.1 Å². The molecule has 2 unspecified atom stereocenters. The van der Waals surface area contributed by atoms with E-state index in [1.165, 1.54) is 5.57 Å². The van der Waals surface area contributed by atoms with Gasteiger partial charge in [0, 0.05) is 5.41 Å². The molecular weight excluding hydrogens is 288 g/mol. The largest absolute Gasteiger partial charge is 0.461 e. The van der Waals surface area contributed by atoms with Crippen molar-refractivity contribution in [1.29, 1.82) is 0 Å². The van der Waals surface area contributed by atoms with Gasteiger partial charge in [-0.2, -0.15) is 0 Å². The van der Waals surface area contributed by atoms with Gasteiger partial charge in [0.05, 0.1) is 24.4 Å². The fourth-order valence-corrected chi connectivity index (χ4v) is 4.15. The maximum absolute atomic E-state index is 12.2. The van der Waals surface area contributed by atoms with E-state index in [9.17, 15) is 4.79 Å². The first-order valence-electron chi connectivity index (χ1n) is 8.35. The minimum atomic E-state index is -0.250. The summed E-state index contributed by atoms with van der Waals surface area (Å²) in [5, 5.41) is 0. The van der Waals surface area contributed by atoms with Crippen LogP contribution in [0.25, 0.3) is 0 Å². The summed E-state index contributed by atoms with van der Waals surface area (Å²) in [7, 11) is 0. The van der Waals surface area contributed by atoms with Crippen LogP contribution in [0.5, 0.6) is 0 Å². The number of benzene rings is 1. The Kier molecular flexibility index (Phi) is 4.09. The molecule has 0 radical (unpaired) electrons. The Labute approximate surface area is 138 Å². The number of rotatable bonds is 4. The third-order valence-electron chi connectivity index (χ3n) is 5.59. The molecule has 0 spiro atoms. The minimum absolute atomic E-state index is 0.0613. The molecule has 1 heterocycles.